The first kappa shape index (κ1) is 35.0. The zero-order valence-corrected chi connectivity index (χ0v) is 29.0. The molecule has 1 atom stereocenters. The smallest absolute Gasteiger partial charge is 0.272 e. The number of carbonyl (C=O) groups excluding carboxylic acids is 3. The first-order valence-electron chi connectivity index (χ1n) is 16.5. The molecule has 1 aromatic heterocycles. The third-order valence-corrected chi connectivity index (χ3v) is 9.47. The number of nitrogens with one attached hydrogen (secondary N) is 2. The number of ether oxygens (including phenoxy) is 1. The minimum absolute atomic E-state index is 0.0151. The van der Waals surface area contributed by atoms with Crippen LogP contribution in [-0.2, 0) is 9.59 Å². The summed E-state index contributed by atoms with van der Waals surface area (Å²) in [6.07, 6.45) is 1.47. The Morgan fingerprint density at radius 1 is 0.843 bits per heavy atom. The summed E-state index contributed by atoms with van der Waals surface area (Å²) in [5.74, 6) is 0.285. The minimum atomic E-state index is -0.548. The van der Waals surface area contributed by atoms with Crippen LogP contribution < -0.4 is 20.3 Å². The lowest BCUT2D eigenvalue weighted by atomic mass is 10.1. The second-order valence-corrected chi connectivity index (χ2v) is 13.2. The van der Waals surface area contributed by atoms with Crippen LogP contribution in [0.4, 0.5) is 15.8 Å². The summed E-state index contributed by atoms with van der Waals surface area (Å²) >= 11 is 1.42. The van der Waals surface area contributed by atoms with Gasteiger partial charge in [0.1, 0.15) is 28.8 Å². The normalized spacial score (nSPS) is 13.7. The van der Waals surface area contributed by atoms with E-state index in [4.69, 9.17) is 9.15 Å². The molecule has 0 saturated carbocycles. The first-order valence-corrected chi connectivity index (χ1v) is 17.3. The number of anilines is 2. The summed E-state index contributed by atoms with van der Waals surface area (Å²) in [5, 5.41) is 5.23. The number of amides is 3. The van der Waals surface area contributed by atoms with E-state index >= 15 is 0 Å². The molecular weight excluding hydrogens is 668 g/mol. The van der Waals surface area contributed by atoms with Crippen molar-refractivity contribution in [3.05, 3.63) is 138 Å². The van der Waals surface area contributed by atoms with Crippen LogP contribution in [0.15, 0.2) is 130 Å². The van der Waals surface area contributed by atoms with E-state index in [2.05, 4.69) is 10.6 Å². The predicted molar refractivity (Wildman–Crippen MR) is 198 cm³/mol. The molecule has 260 valence electrons. The van der Waals surface area contributed by atoms with Crippen LogP contribution in [0.1, 0.15) is 23.0 Å². The van der Waals surface area contributed by atoms with Gasteiger partial charge >= 0.3 is 0 Å². The molecule has 1 aliphatic heterocycles. The molecule has 2 N–H and O–H groups in total. The van der Waals surface area contributed by atoms with Gasteiger partial charge in [-0.25, -0.2) is 4.39 Å². The van der Waals surface area contributed by atoms with E-state index in [1.54, 1.807) is 73.8 Å². The topological polar surface area (TPSA) is 104 Å². The molecule has 5 aromatic rings. The SMILES string of the molecule is COc1ccccc1-c1ccc(/C=C(/NC(=O)c2ccccc2)C(=O)Nc2ccc(S[C@H](C)C(=O)N3CCN(c4ccccc4F)CC3)cc2)o1. The van der Waals surface area contributed by atoms with Crippen LogP contribution >= 0.6 is 11.8 Å². The van der Waals surface area contributed by atoms with Crippen LogP contribution in [0.5, 0.6) is 5.75 Å². The molecular formula is C40H37FN4O5S. The number of thioether (sulfide) groups is 1. The fourth-order valence-electron chi connectivity index (χ4n) is 5.71. The highest BCUT2D eigenvalue weighted by Crippen LogP contribution is 2.32. The zero-order valence-electron chi connectivity index (χ0n) is 28.2. The number of methoxy groups -OCH3 is 1. The van der Waals surface area contributed by atoms with Crippen molar-refractivity contribution in [2.75, 3.05) is 43.5 Å². The van der Waals surface area contributed by atoms with Crippen molar-refractivity contribution in [2.24, 2.45) is 0 Å². The van der Waals surface area contributed by atoms with E-state index in [0.29, 0.717) is 60.4 Å². The maximum Gasteiger partial charge on any atom is 0.272 e. The highest BCUT2D eigenvalue weighted by molar-refractivity contribution is 8.00. The second-order valence-electron chi connectivity index (χ2n) is 11.8. The van der Waals surface area contributed by atoms with Gasteiger partial charge in [-0.3, -0.25) is 14.4 Å². The molecule has 1 aliphatic rings. The van der Waals surface area contributed by atoms with Crippen LogP contribution in [0.2, 0.25) is 0 Å². The minimum Gasteiger partial charge on any atom is -0.496 e. The first-order chi connectivity index (χ1) is 24.8. The number of halogens is 1. The lowest BCUT2D eigenvalue weighted by Crippen LogP contribution is -2.50. The van der Waals surface area contributed by atoms with Gasteiger partial charge in [0.2, 0.25) is 5.91 Å². The molecule has 2 heterocycles. The maximum atomic E-state index is 14.2. The number of piperazine rings is 1. The van der Waals surface area contributed by atoms with Gasteiger partial charge in [0, 0.05) is 48.4 Å². The Kier molecular flexibility index (Phi) is 11.2. The van der Waals surface area contributed by atoms with Crippen LogP contribution in [0, 0.1) is 5.82 Å². The summed E-state index contributed by atoms with van der Waals surface area (Å²) in [5.41, 5.74) is 2.18. The lowest BCUT2D eigenvalue weighted by molar-refractivity contribution is -0.130. The number of benzene rings is 4. The van der Waals surface area contributed by atoms with Gasteiger partial charge in [-0.05, 0) is 79.7 Å². The molecule has 1 saturated heterocycles. The quantitative estimate of drug-likeness (QED) is 0.110. The van der Waals surface area contributed by atoms with Crippen molar-refractivity contribution < 1.29 is 27.9 Å². The van der Waals surface area contributed by atoms with E-state index in [1.807, 2.05) is 59.2 Å². The van der Waals surface area contributed by atoms with E-state index in [0.717, 1.165) is 10.5 Å². The molecule has 6 rings (SSSR count). The van der Waals surface area contributed by atoms with Crippen molar-refractivity contribution in [3.8, 4) is 17.1 Å². The fourth-order valence-corrected chi connectivity index (χ4v) is 6.66. The Bertz CT molecular complexity index is 2020. The van der Waals surface area contributed by atoms with Crippen molar-refractivity contribution >= 4 is 46.9 Å². The molecule has 11 heteroatoms. The number of nitrogens with zero attached hydrogens (tertiary/aromatic N) is 2. The summed E-state index contributed by atoms with van der Waals surface area (Å²) in [6, 6.07) is 33.3. The Balaban J connectivity index is 1.10. The summed E-state index contributed by atoms with van der Waals surface area (Å²) in [6.45, 7) is 4.01. The largest absolute Gasteiger partial charge is 0.496 e. The fraction of sp³-hybridized carbons (Fsp3) is 0.175. The average molecular weight is 705 g/mol. The number of hydrogen-bond donors (Lipinski definition) is 2. The van der Waals surface area contributed by atoms with Gasteiger partial charge in [0.05, 0.1) is 23.6 Å². The number of furan rings is 1. The molecule has 0 radical (unpaired) electrons. The van der Waals surface area contributed by atoms with Crippen molar-refractivity contribution in [3.63, 3.8) is 0 Å². The molecule has 3 amide bonds. The van der Waals surface area contributed by atoms with Gasteiger partial charge in [0.25, 0.3) is 11.8 Å². The van der Waals surface area contributed by atoms with Gasteiger partial charge < -0.3 is 29.6 Å². The Morgan fingerprint density at radius 2 is 1.53 bits per heavy atom. The monoisotopic (exact) mass is 704 g/mol. The van der Waals surface area contributed by atoms with Crippen molar-refractivity contribution in [2.45, 2.75) is 17.1 Å². The summed E-state index contributed by atoms with van der Waals surface area (Å²) < 4.78 is 25.7. The molecule has 4 aromatic carbocycles. The third kappa shape index (κ3) is 8.68. The number of hydrogen-bond acceptors (Lipinski definition) is 7. The molecule has 0 bridgehead atoms. The molecule has 1 fully saturated rings. The van der Waals surface area contributed by atoms with Gasteiger partial charge in [-0.15, -0.1) is 11.8 Å². The average Bonchev–Trinajstić information content (AvgIpc) is 3.64. The predicted octanol–water partition coefficient (Wildman–Crippen LogP) is 7.33. The second kappa shape index (κ2) is 16.3. The van der Waals surface area contributed by atoms with Gasteiger partial charge in [0.15, 0.2) is 0 Å². The number of para-hydroxylation sites is 2. The van der Waals surface area contributed by atoms with E-state index < -0.39 is 11.8 Å². The van der Waals surface area contributed by atoms with E-state index in [1.165, 1.54) is 23.9 Å². The van der Waals surface area contributed by atoms with Gasteiger partial charge in [-0.1, -0.05) is 42.5 Å². The van der Waals surface area contributed by atoms with Gasteiger partial charge in [-0.2, -0.15) is 0 Å². The molecule has 0 spiro atoms. The number of carbonyl (C=O) groups is 3. The zero-order chi connectivity index (χ0) is 35.7. The van der Waals surface area contributed by atoms with Crippen molar-refractivity contribution in [1.82, 2.24) is 10.2 Å². The Labute approximate surface area is 300 Å². The van der Waals surface area contributed by atoms with Crippen LogP contribution in [0.3, 0.4) is 0 Å². The molecule has 0 unspecified atom stereocenters. The Morgan fingerprint density at radius 3 is 2.25 bits per heavy atom. The van der Waals surface area contributed by atoms with E-state index in [-0.39, 0.29) is 22.7 Å². The maximum absolute atomic E-state index is 14.2. The third-order valence-electron chi connectivity index (χ3n) is 8.37. The van der Waals surface area contributed by atoms with Crippen molar-refractivity contribution in [1.29, 1.82) is 0 Å². The molecule has 9 nitrogen and oxygen atoms in total. The highest BCUT2D eigenvalue weighted by Gasteiger charge is 2.26. The van der Waals surface area contributed by atoms with E-state index in [9.17, 15) is 18.8 Å². The number of rotatable bonds is 11. The Hall–Kier alpha value is -5.81. The van der Waals surface area contributed by atoms with Crippen LogP contribution in [0.25, 0.3) is 17.4 Å². The molecule has 51 heavy (non-hydrogen) atoms. The molecule has 0 aliphatic carbocycles. The highest BCUT2D eigenvalue weighted by atomic mass is 32.2. The standard InChI is InChI=1S/C40H37FN4O5S/c1-27(40(48)45-24-22-44(23-25-45)35-14-8-7-13-33(35)41)51-31-19-16-29(17-20-31)42-39(47)34(43-38(46)28-10-4-3-5-11-28)26-30-18-21-37(50-30)32-12-6-9-15-36(32)49-2/h3-21,26-27H,22-25H2,1-2H3,(H,42,47)(H,43,46)/b34-26+/t27-/m1/s1. The van der Waals surface area contributed by atoms with Crippen LogP contribution in [-0.4, -0.2) is 61.2 Å². The summed E-state index contributed by atoms with van der Waals surface area (Å²) in [4.78, 5) is 44.6. The lowest BCUT2D eigenvalue weighted by Gasteiger charge is -2.37. The summed E-state index contributed by atoms with van der Waals surface area (Å²) in [7, 11) is 1.58.